The summed E-state index contributed by atoms with van der Waals surface area (Å²) in [6, 6.07) is 4.06. The van der Waals surface area contributed by atoms with E-state index in [1.54, 1.807) is 6.92 Å². The van der Waals surface area contributed by atoms with Crippen LogP contribution in [0, 0.1) is 12.7 Å². The first-order valence-electron chi connectivity index (χ1n) is 5.94. The minimum Gasteiger partial charge on any atom is -0.485 e. The van der Waals surface area contributed by atoms with Crippen molar-refractivity contribution in [1.29, 1.82) is 0 Å². The summed E-state index contributed by atoms with van der Waals surface area (Å²) in [5.41, 5.74) is 0.416. The Morgan fingerprint density at radius 1 is 1.42 bits per heavy atom. The molecule has 0 aliphatic rings. The van der Waals surface area contributed by atoms with E-state index < -0.39 is 11.9 Å². The lowest BCUT2D eigenvalue weighted by Gasteiger charge is -2.13. The van der Waals surface area contributed by atoms with Crippen molar-refractivity contribution in [2.24, 2.45) is 7.05 Å². The quantitative estimate of drug-likeness (QED) is 0.917. The maximum absolute atomic E-state index is 13.1. The summed E-state index contributed by atoms with van der Waals surface area (Å²) in [5, 5.41) is 17.5. The number of rotatable bonds is 4. The van der Waals surface area contributed by atoms with Gasteiger partial charge in [-0.1, -0.05) is 0 Å². The Morgan fingerprint density at radius 3 is 2.74 bits per heavy atom. The highest BCUT2D eigenvalue weighted by atomic mass is 19.1. The van der Waals surface area contributed by atoms with Crippen LogP contribution in [0.4, 0.5) is 4.39 Å². The first-order valence-corrected chi connectivity index (χ1v) is 5.94. The highest BCUT2D eigenvalue weighted by molar-refractivity contribution is 5.35. The summed E-state index contributed by atoms with van der Waals surface area (Å²) in [6.45, 7) is 3.62. The van der Waals surface area contributed by atoms with Crippen LogP contribution < -0.4 is 4.74 Å². The van der Waals surface area contributed by atoms with Gasteiger partial charge in [-0.3, -0.25) is 0 Å². The fourth-order valence-electron chi connectivity index (χ4n) is 1.70. The maximum Gasteiger partial charge on any atom is 0.170 e. The Bertz CT molecular complexity index is 581. The lowest BCUT2D eigenvalue weighted by Crippen LogP contribution is -2.06. The molecule has 0 aliphatic carbocycles. The van der Waals surface area contributed by atoms with Crippen molar-refractivity contribution in [3.05, 3.63) is 41.2 Å². The molecule has 0 spiro atoms. The van der Waals surface area contributed by atoms with E-state index in [2.05, 4.69) is 10.2 Å². The predicted molar refractivity (Wildman–Crippen MR) is 67.1 cm³/mol. The summed E-state index contributed by atoms with van der Waals surface area (Å²) in [6.07, 6.45) is -0.799. The normalized spacial score (nSPS) is 12.5. The van der Waals surface area contributed by atoms with Gasteiger partial charge < -0.3 is 14.4 Å². The lowest BCUT2D eigenvalue weighted by molar-refractivity contribution is 0.188. The molecule has 1 unspecified atom stereocenters. The van der Waals surface area contributed by atoms with Gasteiger partial charge >= 0.3 is 0 Å². The van der Waals surface area contributed by atoms with Crippen LogP contribution in [0.25, 0.3) is 0 Å². The molecule has 0 bridgehead atoms. The van der Waals surface area contributed by atoms with Crippen LogP contribution in [0.15, 0.2) is 18.2 Å². The SMILES string of the molecule is Cc1nnc(COc2ccc(F)cc2C(C)O)n1C. The van der Waals surface area contributed by atoms with E-state index in [1.807, 2.05) is 18.5 Å². The molecular weight excluding hydrogens is 249 g/mol. The highest BCUT2D eigenvalue weighted by Gasteiger charge is 2.12. The summed E-state index contributed by atoms with van der Waals surface area (Å²) in [4.78, 5) is 0. The van der Waals surface area contributed by atoms with Gasteiger partial charge in [0.05, 0.1) is 6.10 Å². The van der Waals surface area contributed by atoms with Gasteiger partial charge in [-0.15, -0.1) is 10.2 Å². The van der Waals surface area contributed by atoms with Gasteiger partial charge in [0, 0.05) is 12.6 Å². The van der Waals surface area contributed by atoms with Crippen molar-refractivity contribution in [3.63, 3.8) is 0 Å². The number of ether oxygens (including phenoxy) is 1. The standard InChI is InChI=1S/C13H16FN3O2/c1-8(18)11-6-10(14)4-5-12(11)19-7-13-16-15-9(2)17(13)3/h4-6,8,18H,7H2,1-3H3. The fraction of sp³-hybridized carbons (Fsp3) is 0.385. The van der Waals surface area contributed by atoms with Crippen LogP contribution in [-0.4, -0.2) is 19.9 Å². The van der Waals surface area contributed by atoms with Crippen LogP contribution in [0.5, 0.6) is 5.75 Å². The molecule has 0 fully saturated rings. The van der Waals surface area contributed by atoms with Crippen LogP contribution in [0.3, 0.4) is 0 Å². The summed E-state index contributed by atoms with van der Waals surface area (Å²) in [5.74, 6) is 1.49. The minimum absolute atomic E-state index is 0.211. The van der Waals surface area contributed by atoms with Crippen LogP contribution >= 0.6 is 0 Å². The molecule has 5 nitrogen and oxygen atoms in total. The molecule has 1 N–H and O–H groups in total. The number of aromatic nitrogens is 3. The number of nitrogens with zero attached hydrogens (tertiary/aromatic N) is 3. The molecule has 1 aromatic heterocycles. The molecule has 2 rings (SSSR count). The zero-order valence-electron chi connectivity index (χ0n) is 11.1. The lowest BCUT2D eigenvalue weighted by atomic mass is 10.1. The van der Waals surface area contributed by atoms with E-state index in [9.17, 15) is 9.50 Å². The Kier molecular flexibility index (Phi) is 3.80. The zero-order chi connectivity index (χ0) is 14.0. The number of benzene rings is 1. The zero-order valence-corrected chi connectivity index (χ0v) is 11.1. The highest BCUT2D eigenvalue weighted by Crippen LogP contribution is 2.26. The molecule has 6 heteroatoms. The summed E-state index contributed by atoms with van der Waals surface area (Å²) in [7, 11) is 1.84. The molecule has 0 saturated heterocycles. The third kappa shape index (κ3) is 2.90. The van der Waals surface area contributed by atoms with E-state index in [-0.39, 0.29) is 6.61 Å². The van der Waals surface area contributed by atoms with Gasteiger partial charge in [0.1, 0.15) is 24.0 Å². The van der Waals surface area contributed by atoms with Gasteiger partial charge in [0.15, 0.2) is 5.82 Å². The Balaban J connectivity index is 2.17. The average molecular weight is 265 g/mol. The number of aliphatic hydroxyl groups excluding tert-OH is 1. The molecule has 1 atom stereocenters. The smallest absolute Gasteiger partial charge is 0.170 e. The number of aliphatic hydroxyl groups is 1. The van der Waals surface area contributed by atoms with Crippen LogP contribution in [-0.2, 0) is 13.7 Å². The molecule has 0 amide bonds. The molecular formula is C13H16FN3O2. The van der Waals surface area contributed by atoms with Crippen molar-refractivity contribution in [2.45, 2.75) is 26.6 Å². The molecule has 2 aromatic rings. The number of hydrogen-bond acceptors (Lipinski definition) is 4. The van der Waals surface area contributed by atoms with Crippen molar-refractivity contribution >= 4 is 0 Å². The second-order valence-corrected chi connectivity index (χ2v) is 4.37. The first kappa shape index (κ1) is 13.5. The summed E-state index contributed by atoms with van der Waals surface area (Å²) >= 11 is 0. The molecule has 102 valence electrons. The molecule has 0 saturated carbocycles. The Hall–Kier alpha value is -1.95. The first-order chi connectivity index (χ1) is 8.99. The van der Waals surface area contributed by atoms with Gasteiger partial charge in [-0.05, 0) is 32.0 Å². The maximum atomic E-state index is 13.1. The van der Waals surface area contributed by atoms with Gasteiger partial charge in [-0.2, -0.15) is 0 Å². The van der Waals surface area contributed by atoms with Crippen LogP contribution in [0.2, 0.25) is 0 Å². The molecule has 0 radical (unpaired) electrons. The average Bonchev–Trinajstić information content (AvgIpc) is 2.68. The largest absolute Gasteiger partial charge is 0.485 e. The number of aryl methyl sites for hydroxylation is 1. The van der Waals surface area contributed by atoms with Gasteiger partial charge in [0.25, 0.3) is 0 Å². The predicted octanol–water partition coefficient (Wildman–Crippen LogP) is 1.89. The number of halogens is 1. The molecule has 19 heavy (non-hydrogen) atoms. The van der Waals surface area contributed by atoms with Crippen molar-refractivity contribution < 1.29 is 14.2 Å². The van der Waals surface area contributed by atoms with Crippen molar-refractivity contribution in [3.8, 4) is 5.75 Å². The van der Waals surface area contributed by atoms with E-state index in [0.717, 1.165) is 5.82 Å². The topological polar surface area (TPSA) is 60.2 Å². The summed E-state index contributed by atoms with van der Waals surface area (Å²) < 4.78 is 20.5. The Labute approximate surface area is 110 Å². The fourth-order valence-corrected chi connectivity index (χ4v) is 1.70. The third-order valence-corrected chi connectivity index (χ3v) is 2.96. The monoisotopic (exact) mass is 265 g/mol. The van der Waals surface area contributed by atoms with Crippen LogP contribution in [0.1, 0.15) is 30.2 Å². The van der Waals surface area contributed by atoms with E-state index >= 15 is 0 Å². The second-order valence-electron chi connectivity index (χ2n) is 4.37. The second kappa shape index (κ2) is 5.36. The minimum atomic E-state index is -0.799. The van der Waals surface area contributed by atoms with Gasteiger partial charge in [0.2, 0.25) is 0 Å². The molecule has 1 aromatic carbocycles. The number of hydrogen-bond donors (Lipinski definition) is 1. The van der Waals surface area contributed by atoms with Gasteiger partial charge in [-0.25, -0.2) is 4.39 Å². The van der Waals surface area contributed by atoms with E-state index in [4.69, 9.17) is 4.74 Å². The third-order valence-electron chi connectivity index (χ3n) is 2.96. The van der Waals surface area contributed by atoms with Crippen molar-refractivity contribution in [2.75, 3.05) is 0 Å². The molecule has 0 aliphatic heterocycles. The van der Waals surface area contributed by atoms with E-state index in [0.29, 0.717) is 17.1 Å². The van der Waals surface area contributed by atoms with E-state index in [1.165, 1.54) is 18.2 Å². The Morgan fingerprint density at radius 2 is 2.16 bits per heavy atom. The van der Waals surface area contributed by atoms with Crippen molar-refractivity contribution in [1.82, 2.24) is 14.8 Å². The molecule has 1 heterocycles.